The lowest BCUT2D eigenvalue weighted by Gasteiger charge is -2.29. The first-order chi connectivity index (χ1) is 16.5. The van der Waals surface area contributed by atoms with Gasteiger partial charge in [-0.1, -0.05) is 6.07 Å². The molecule has 9 heteroatoms. The third-order valence-corrected chi connectivity index (χ3v) is 7.48. The van der Waals surface area contributed by atoms with Gasteiger partial charge in [-0.2, -0.15) is 0 Å². The highest BCUT2D eigenvalue weighted by Gasteiger charge is 2.39. The number of imide groups is 1. The van der Waals surface area contributed by atoms with E-state index in [0.717, 1.165) is 31.9 Å². The van der Waals surface area contributed by atoms with E-state index in [9.17, 15) is 14.4 Å². The van der Waals surface area contributed by atoms with Crippen LogP contribution >= 0.6 is 0 Å². The maximum Gasteiger partial charge on any atom is 0.255 e. The fourth-order valence-electron chi connectivity index (χ4n) is 5.68. The lowest BCUT2D eigenvalue weighted by Crippen LogP contribution is -2.52. The number of halogens is 1. The summed E-state index contributed by atoms with van der Waals surface area (Å²) in [7, 11) is 0. The molecule has 176 valence electrons. The number of pyridine rings is 1. The van der Waals surface area contributed by atoms with E-state index in [1.807, 2.05) is 0 Å². The monoisotopic (exact) mass is 464 g/mol. The van der Waals surface area contributed by atoms with Gasteiger partial charge in [-0.3, -0.25) is 29.6 Å². The van der Waals surface area contributed by atoms with E-state index in [2.05, 4.69) is 15.2 Å². The first kappa shape index (κ1) is 21.4. The number of ether oxygens (including phenoxy) is 1. The van der Waals surface area contributed by atoms with Crippen LogP contribution in [0.1, 0.15) is 34.3 Å². The number of amides is 3. The summed E-state index contributed by atoms with van der Waals surface area (Å²) < 4.78 is 21.0. The lowest BCUT2D eigenvalue weighted by atomic mass is 10.0. The lowest BCUT2D eigenvalue weighted by molar-refractivity contribution is -0.136. The molecule has 4 aliphatic rings. The van der Waals surface area contributed by atoms with E-state index in [0.29, 0.717) is 41.5 Å². The highest BCUT2D eigenvalue weighted by molar-refractivity contribution is 6.05. The minimum absolute atomic E-state index is 0.204. The second-order valence-electron chi connectivity index (χ2n) is 9.66. The zero-order valence-corrected chi connectivity index (χ0v) is 18.6. The van der Waals surface area contributed by atoms with Crippen LogP contribution in [0.25, 0.3) is 11.3 Å². The molecule has 3 atom stereocenters. The van der Waals surface area contributed by atoms with E-state index < -0.39 is 11.9 Å². The van der Waals surface area contributed by atoms with Crippen molar-refractivity contribution in [3.05, 3.63) is 53.0 Å². The number of nitrogens with one attached hydrogen (secondary N) is 1. The second-order valence-corrected chi connectivity index (χ2v) is 9.66. The number of piperidine rings is 1. The Kier molecular flexibility index (Phi) is 5.18. The van der Waals surface area contributed by atoms with Crippen LogP contribution in [0.5, 0.6) is 0 Å². The molecule has 1 aromatic carbocycles. The summed E-state index contributed by atoms with van der Waals surface area (Å²) in [5.41, 5.74) is 2.69. The molecule has 0 aliphatic carbocycles. The molecule has 1 aromatic heterocycles. The van der Waals surface area contributed by atoms with E-state index in [1.165, 1.54) is 4.90 Å². The Morgan fingerprint density at radius 2 is 1.91 bits per heavy atom. The molecule has 3 saturated heterocycles. The van der Waals surface area contributed by atoms with Crippen molar-refractivity contribution in [1.29, 1.82) is 0 Å². The number of hydrogen-bond donors (Lipinski definition) is 1. The van der Waals surface area contributed by atoms with Crippen LogP contribution in [0.2, 0.25) is 0 Å². The SMILES string of the molecule is O=C1CC[C@H](N2Cc3cc(-c4nccc(CN5C[C@H]6COC[C@H]6C5)c4F)ccc3C2=O)C(=O)N1. The van der Waals surface area contributed by atoms with Gasteiger partial charge >= 0.3 is 0 Å². The smallest absolute Gasteiger partial charge is 0.255 e. The molecule has 0 unspecified atom stereocenters. The Hall–Kier alpha value is -3.17. The summed E-state index contributed by atoms with van der Waals surface area (Å²) in [5.74, 6) is -0.295. The summed E-state index contributed by atoms with van der Waals surface area (Å²) in [6.07, 6.45) is 2.14. The van der Waals surface area contributed by atoms with E-state index >= 15 is 4.39 Å². The Bertz CT molecular complexity index is 1190. The number of benzene rings is 1. The van der Waals surface area contributed by atoms with E-state index in [-0.39, 0.29) is 36.3 Å². The molecule has 34 heavy (non-hydrogen) atoms. The largest absolute Gasteiger partial charge is 0.381 e. The van der Waals surface area contributed by atoms with E-state index in [4.69, 9.17) is 4.74 Å². The topological polar surface area (TPSA) is 91.8 Å². The summed E-state index contributed by atoms with van der Waals surface area (Å²) in [5, 5.41) is 2.30. The number of aromatic nitrogens is 1. The highest BCUT2D eigenvalue weighted by Crippen LogP contribution is 2.33. The van der Waals surface area contributed by atoms with Crippen molar-refractivity contribution in [2.75, 3.05) is 26.3 Å². The molecule has 1 N–H and O–H groups in total. The van der Waals surface area contributed by atoms with Crippen LogP contribution in [0.4, 0.5) is 4.39 Å². The standard InChI is InChI=1S/C25H25FN4O4/c26-22-15(8-29-9-17-12-34-13-18(17)10-29)5-6-27-23(22)14-1-2-19-16(7-14)11-30(25(19)33)20-3-4-21(31)28-24(20)32/h1-2,5-7,17-18,20H,3-4,8-13H2,(H,28,31,32)/t17-,18+,20-/m0/s1. The van der Waals surface area contributed by atoms with Gasteiger partial charge in [-0.25, -0.2) is 4.39 Å². The second kappa shape index (κ2) is 8.25. The molecular weight excluding hydrogens is 439 g/mol. The van der Waals surface area contributed by atoms with Crippen LogP contribution < -0.4 is 5.32 Å². The van der Waals surface area contributed by atoms with Crippen molar-refractivity contribution in [3.63, 3.8) is 0 Å². The van der Waals surface area contributed by atoms with Crippen molar-refractivity contribution >= 4 is 17.7 Å². The van der Waals surface area contributed by atoms with Gasteiger partial charge in [0.15, 0.2) is 5.82 Å². The Morgan fingerprint density at radius 3 is 2.68 bits per heavy atom. The van der Waals surface area contributed by atoms with Crippen LogP contribution in [0.3, 0.4) is 0 Å². The minimum Gasteiger partial charge on any atom is -0.381 e. The Labute approximate surface area is 196 Å². The zero-order valence-electron chi connectivity index (χ0n) is 18.6. The number of rotatable bonds is 4. The maximum absolute atomic E-state index is 15.5. The third kappa shape index (κ3) is 3.59. The number of hydrogen-bond acceptors (Lipinski definition) is 6. The predicted octanol–water partition coefficient (Wildman–Crippen LogP) is 1.73. The molecule has 3 fully saturated rings. The zero-order chi connectivity index (χ0) is 23.4. The number of nitrogens with zero attached hydrogens (tertiary/aromatic N) is 3. The highest BCUT2D eigenvalue weighted by atomic mass is 19.1. The Balaban J connectivity index is 1.22. The van der Waals surface area contributed by atoms with Crippen molar-refractivity contribution in [2.24, 2.45) is 11.8 Å². The average Bonchev–Trinajstić information content (AvgIpc) is 3.49. The van der Waals surface area contributed by atoms with Gasteiger partial charge < -0.3 is 9.64 Å². The van der Waals surface area contributed by atoms with Gasteiger partial charge in [-0.15, -0.1) is 0 Å². The minimum atomic E-state index is -0.676. The molecule has 0 spiro atoms. The molecule has 0 radical (unpaired) electrons. The van der Waals surface area contributed by atoms with Gasteiger partial charge in [0.2, 0.25) is 11.8 Å². The normalized spacial score (nSPS) is 26.7. The van der Waals surface area contributed by atoms with Crippen LogP contribution in [0, 0.1) is 17.7 Å². The number of fused-ring (bicyclic) bond motifs is 2. The van der Waals surface area contributed by atoms with Crippen molar-refractivity contribution in [1.82, 2.24) is 20.1 Å². The van der Waals surface area contributed by atoms with Gasteiger partial charge in [0.05, 0.1) is 13.2 Å². The summed E-state index contributed by atoms with van der Waals surface area (Å²) in [6.45, 7) is 4.18. The molecule has 8 nitrogen and oxygen atoms in total. The fourth-order valence-corrected chi connectivity index (χ4v) is 5.68. The van der Waals surface area contributed by atoms with Crippen molar-refractivity contribution in [3.8, 4) is 11.3 Å². The van der Waals surface area contributed by atoms with Crippen molar-refractivity contribution in [2.45, 2.75) is 32.0 Å². The third-order valence-electron chi connectivity index (χ3n) is 7.48. The first-order valence-corrected chi connectivity index (χ1v) is 11.7. The molecule has 5 heterocycles. The van der Waals surface area contributed by atoms with Gasteiger partial charge in [0.1, 0.15) is 11.7 Å². The summed E-state index contributed by atoms with van der Waals surface area (Å²) in [4.78, 5) is 44.7. The van der Waals surface area contributed by atoms with E-state index in [1.54, 1.807) is 30.5 Å². The van der Waals surface area contributed by atoms with Crippen molar-refractivity contribution < 1.29 is 23.5 Å². The number of likely N-dealkylation sites (tertiary alicyclic amines) is 1. The number of carbonyl (C=O) groups excluding carboxylic acids is 3. The number of carbonyl (C=O) groups is 3. The molecule has 6 rings (SSSR count). The van der Waals surface area contributed by atoms with Crippen LogP contribution in [-0.2, 0) is 27.4 Å². The van der Waals surface area contributed by atoms with Crippen LogP contribution in [-0.4, -0.2) is 64.9 Å². The van der Waals surface area contributed by atoms with Gasteiger partial charge in [0.25, 0.3) is 5.91 Å². The van der Waals surface area contributed by atoms with Gasteiger partial charge in [0, 0.05) is 67.3 Å². The summed E-state index contributed by atoms with van der Waals surface area (Å²) >= 11 is 0. The predicted molar refractivity (Wildman–Crippen MR) is 119 cm³/mol. The Morgan fingerprint density at radius 1 is 1.12 bits per heavy atom. The molecular formula is C25H25FN4O4. The van der Waals surface area contributed by atoms with Crippen LogP contribution in [0.15, 0.2) is 30.5 Å². The molecule has 3 amide bonds. The molecule has 4 aliphatic heterocycles. The molecule has 2 aromatic rings. The van der Waals surface area contributed by atoms with Gasteiger partial charge in [-0.05, 0) is 30.2 Å². The average molecular weight is 464 g/mol. The quantitative estimate of drug-likeness (QED) is 0.693. The molecule has 0 bridgehead atoms. The fraction of sp³-hybridized carbons (Fsp3) is 0.440. The summed E-state index contributed by atoms with van der Waals surface area (Å²) in [6, 6.07) is 6.22. The first-order valence-electron chi connectivity index (χ1n) is 11.7. The maximum atomic E-state index is 15.5. The molecule has 0 saturated carbocycles.